The number of rotatable bonds is 2. The summed E-state index contributed by atoms with van der Waals surface area (Å²) >= 11 is 5.75. The lowest BCUT2D eigenvalue weighted by Gasteiger charge is -2.20. The monoisotopic (exact) mass is 280 g/mol. The summed E-state index contributed by atoms with van der Waals surface area (Å²) in [5.41, 5.74) is 1.13. The zero-order valence-corrected chi connectivity index (χ0v) is 11.0. The molecule has 0 radical (unpaired) electrons. The van der Waals surface area contributed by atoms with Crippen LogP contribution in [-0.2, 0) is 13.1 Å². The van der Waals surface area contributed by atoms with E-state index >= 15 is 0 Å². The first-order valence-corrected chi connectivity index (χ1v) is 6.32. The van der Waals surface area contributed by atoms with E-state index in [9.17, 15) is 4.79 Å². The molecule has 0 aromatic carbocycles. The van der Waals surface area contributed by atoms with Crippen LogP contribution in [0.3, 0.4) is 0 Å². The maximum Gasteiger partial charge on any atom is 0.287 e. The minimum atomic E-state index is -0.332. The molecule has 19 heavy (non-hydrogen) atoms. The highest BCUT2D eigenvalue weighted by Crippen LogP contribution is 2.18. The Kier molecular flexibility index (Phi) is 3.00. The summed E-state index contributed by atoms with van der Waals surface area (Å²) in [7, 11) is 0. The van der Waals surface area contributed by atoms with Crippen molar-refractivity contribution in [1.82, 2.24) is 25.3 Å². The molecule has 0 aliphatic carbocycles. The van der Waals surface area contributed by atoms with E-state index in [1.54, 1.807) is 0 Å². The van der Waals surface area contributed by atoms with Gasteiger partial charge < -0.3 is 5.32 Å². The van der Waals surface area contributed by atoms with Crippen LogP contribution in [0.2, 0.25) is 5.15 Å². The fraction of sp³-hybridized carbons (Fsp3) is 0.364. The maximum atomic E-state index is 11.6. The second-order valence-electron chi connectivity index (χ2n) is 4.55. The summed E-state index contributed by atoms with van der Waals surface area (Å²) in [6.45, 7) is 2.79. The Morgan fingerprint density at radius 3 is 3.21 bits per heavy atom. The number of aromatic amines is 1. The van der Waals surface area contributed by atoms with Crippen molar-refractivity contribution in [3.8, 4) is 0 Å². The first kappa shape index (κ1) is 12.2. The molecule has 0 fully saturated rings. The maximum absolute atomic E-state index is 11.6. The van der Waals surface area contributed by atoms with Crippen molar-refractivity contribution in [3.63, 3.8) is 0 Å². The predicted molar refractivity (Wildman–Crippen MR) is 71.7 cm³/mol. The van der Waals surface area contributed by atoms with Gasteiger partial charge in [-0.2, -0.15) is 10.2 Å². The Hall–Kier alpha value is -1.86. The van der Waals surface area contributed by atoms with Crippen LogP contribution in [0, 0.1) is 0 Å². The SMILES string of the molecule is CC1Cc2cc(Nc3cc(Cl)n[nH]c3=O)nn2CN1. The average Bonchev–Trinajstić information content (AvgIpc) is 2.75. The third-order valence-corrected chi connectivity index (χ3v) is 3.20. The minimum Gasteiger partial charge on any atom is -0.334 e. The highest BCUT2D eigenvalue weighted by atomic mass is 35.5. The molecule has 0 saturated heterocycles. The lowest BCUT2D eigenvalue weighted by Crippen LogP contribution is -2.36. The number of anilines is 2. The van der Waals surface area contributed by atoms with E-state index in [1.165, 1.54) is 6.07 Å². The lowest BCUT2D eigenvalue weighted by molar-refractivity contribution is 0.386. The van der Waals surface area contributed by atoms with Gasteiger partial charge in [0.15, 0.2) is 11.0 Å². The fourth-order valence-electron chi connectivity index (χ4n) is 2.06. The van der Waals surface area contributed by atoms with E-state index < -0.39 is 0 Å². The second-order valence-corrected chi connectivity index (χ2v) is 4.93. The largest absolute Gasteiger partial charge is 0.334 e. The van der Waals surface area contributed by atoms with Crippen LogP contribution >= 0.6 is 11.6 Å². The normalized spacial score (nSPS) is 18.1. The van der Waals surface area contributed by atoms with E-state index in [0.29, 0.717) is 24.2 Å². The van der Waals surface area contributed by atoms with Gasteiger partial charge in [-0.05, 0) is 6.92 Å². The molecule has 0 bridgehead atoms. The van der Waals surface area contributed by atoms with Crippen molar-refractivity contribution in [2.24, 2.45) is 0 Å². The second kappa shape index (κ2) is 4.67. The molecular formula is C11H13ClN6O. The molecule has 2 aromatic heterocycles. The van der Waals surface area contributed by atoms with Crippen LogP contribution < -0.4 is 16.2 Å². The van der Waals surface area contributed by atoms with Gasteiger partial charge in [-0.1, -0.05) is 11.6 Å². The molecule has 2 aromatic rings. The van der Waals surface area contributed by atoms with Gasteiger partial charge in [0.25, 0.3) is 5.56 Å². The quantitative estimate of drug-likeness (QED) is 0.759. The Bertz CT molecular complexity index is 663. The number of halogens is 1. The molecule has 100 valence electrons. The predicted octanol–water partition coefficient (Wildman–Crippen LogP) is 0.855. The van der Waals surface area contributed by atoms with E-state index in [2.05, 4.69) is 32.9 Å². The van der Waals surface area contributed by atoms with Crippen molar-refractivity contribution in [2.45, 2.75) is 26.1 Å². The molecule has 0 spiro atoms. The molecular weight excluding hydrogens is 268 g/mol. The number of hydrogen-bond acceptors (Lipinski definition) is 5. The van der Waals surface area contributed by atoms with Crippen LogP contribution in [0.5, 0.6) is 0 Å². The van der Waals surface area contributed by atoms with Gasteiger partial charge in [0.2, 0.25) is 0 Å². The third-order valence-electron chi connectivity index (χ3n) is 3.00. The van der Waals surface area contributed by atoms with E-state index in [1.807, 2.05) is 10.7 Å². The van der Waals surface area contributed by atoms with Gasteiger partial charge in [0.05, 0.1) is 6.67 Å². The number of nitrogens with zero attached hydrogens (tertiary/aromatic N) is 3. The topological polar surface area (TPSA) is 87.6 Å². The fourth-order valence-corrected chi connectivity index (χ4v) is 2.21. The standard InChI is InChI=1S/C11H13ClN6O/c1-6-2-7-3-10(17-18(7)5-13-6)14-8-4-9(12)15-16-11(8)19/h3-4,6,13H,2,5H2,1H3,(H,16,19)(H,14,15,17). The molecule has 3 heterocycles. The number of aromatic nitrogens is 4. The summed E-state index contributed by atoms with van der Waals surface area (Å²) in [5, 5.41) is 16.8. The summed E-state index contributed by atoms with van der Waals surface area (Å²) in [6, 6.07) is 3.83. The van der Waals surface area contributed by atoms with E-state index in [-0.39, 0.29) is 10.7 Å². The number of nitrogens with one attached hydrogen (secondary N) is 3. The van der Waals surface area contributed by atoms with Crippen molar-refractivity contribution in [1.29, 1.82) is 0 Å². The minimum absolute atomic E-state index is 0.223. The molecule has 1 aliphatic rings. The smallest absolute Gasteiger partial charge is 0.287 e. The Morgan fingerprint density at radius 1 is 1.53 bits per heavy atom. The number of H-pyrrole nitrogens is 1. The highest BCUT2D eigenvalue weighted by Gasteiger charge is 2.17. The van der Waals surface area contributed by atoms with Gasteiger partial charge in [-0.15, -0.1) is 0 Å². The third kappa shape index (κ3) is 2.47. The zero-order valence-electron chi connectivity index (χ0n) is 10.3. The van der Waals surface area contributed by atoms with E-state index in [0.717, 1.165) is 12.1 Å². The van der Waals surface area contributed by atoms with Crippen molar-refractivity contribution in [2.75, 3.05) is 5.32 Å². The van der Waals surface area contributed by atoms with Gasteiger partial charge in [-0.3, -0.25) is 14.8 Å². The molecule has 8 heteroatoms. The molecule has 3 N–H and O–H groups in total. The first-order chi connectivity index (χ1) is 9.11. The van der Waals surface area contributed by atoms with Gasteiger partial charge in [0, 0.05) is 30.3 Å². The molecule has 0 amide bonds. The van der Waals surface area contributed by atoms with Crippen LogP contribution in [0.4, 0.5) is 11.5 Å². The van der Waals surface area contributed by atoms with Gasteiger partial charge >= 0.3 is 0 Å². The van der Waals surface area contributed by atoms with Crippen molar-refractivity contribution >= 4 is 23.1 Å². The Morgan fingerprint density at radius 2 is 2.37 bits per heavy atom. The molecule has 3 rings (SSSR count). The molecule has 7 nitrogen and oxygen atoms in total. The molecule has 0 saturated carbocycles. The van der Waals surface area contributed by atoms with Crippen LogP contribution in [0.1, 0.15) is 12.6 Å². The highest BCUT2D eigenvalue weighted by molar-refractivity contribution is 6.29. The van der Waals surface area contributed by atoms with Crippen LogP contribution in [0.15, 0.2) is 16.9 Å². The summed E-state index contributed by atoms with van der Waals surface area (Å²) in [5.74, 6) is 0.624. The number of fused-ring (bicyclic) bond motifs is 1. The Balaban J connectivity index is 1.88. The molecule has 1 atom stereocenters. The van der Waals surface area contributed by atoms with Crippen LogP contribution in [0.25, 0.3) is 0 Å². The summed E-state index contributed by atoms with van der Waals surface area (Å²) < 4.78 is 1.87. The lowest BCUT2D eigenvalue weighted by atomic mass is 10.1. The summed E-state index contributed by atoms with van der Waals surface area (Å²) in [4.78, 5) is 11.6. The summed E-state index contributed by atoms with van der Waals surface area (Å²) in [6.07, 6.45) is 0.905. The van der Waals surface area contributed by atoms with Gasteiger partial charge in [-0.25, -0.2) is 5.10 Å². The zero-order chi connectivity index (χ0) is 13.4. The Labute approximate surface area is 114 Å². The molecule has 1 aliphatic heterocycles. The average molecular weight is 281 g/mol. The van der Waals surface area contributed by atoms with Crippen molar-refractivity contribution < 1.29 is 0 Å². The van der Waals surface area contributed by atoms with Gasteiger partial charge in [0.1, 0.15) is 5.69 Å². The molecule has 1 unspecified atom stereocenters. The van der Waals surface area contributed by atoms with Crippen LogP contribution in [-0.4, -0.2) is 26.0 Å². The first-order valence-electron chi connectivity index (χ1n) is 5.94. The van der Waals surface area contributed by atoms with Crippen molar-refractivity contribution in [3.05, 3.63) is 33.3 Å². The number of hydrogen-bond donors (Lipinski definition) is 3. The van der Waals surface area contributed by atoms with E-state index in [4.69, 9.17) is 11.6 Å².